The fraction of sp³-hybridized carbons (Fsp3) is 0.167. The number of hydrogen-bond acceptors (Lipinski definition) is 3. The summed E-state index contributed by atoms with van der Waals surface area (Å²) in [5.41, 5.74) is 3.64. The van der Waals surface area contributed by atoms with E-state index >= 15 is 0 Å². The third-order valence-electron chi connectivity index (χ3n) is 3.63. The second kappa shape index (κ2) is 8.78. The molecule has 0 radical (unpaired) electrons. The molecule has 4 aromatic rings. The lowest BCUT2D eigenvalue weighted by Crippen LogP contribution is -2.08. The van der Waals surface area contributed by atoms with Crippen LogP contribution in [0.2, 0.25) is 0 Å². The summed E-state index contributed by atoms with van der Waals surface area (Å²) < 4.78 is 1.54. The average molecular weight is 399 g/mol. The quantitative estimate of drug-likeness (QED) is 0.475. The Kier molecular flexibility index (Phi) is 6.71. The predicted molar refractivity (Wildman–Crippen MR) is 106 cm³/mol. The van der Waals surface area contributed by atoms with Crippen molar-refractivity contribution in [2.45, 2.75) is 18.7 Å². The van der Waals surface area contributed by atoms with Gasteiger partial charge in [0.05, 0.1) is 33.8 Å². The van der Waals surface area contributed by atoms with Gasteiger partial charge in [0.2, 0.25) is 5.91 Å². The zero-order valence-corrected chi connectivity index (χ0v) is 15.5. The minimum atomic E-state index is -0.0608. The second-order valence-electron chi connectivity index (χ2n) is 5.34. The number of imidazole rings is 2. The molecule has 5 nitrogen and oxygen atoms in total. The number of halogens is 3. The minimum absolute atomic E-state index is 0. The van der Waals surface area contributed by atoms with Crippen LogP contribution in [-0.2, 0) is 11.8 Å². The maximum atomic E-state index is 11.4. The van der Waals surface area contributed by atoms with Crippen LogP contribution >= 0.6 is 23.2 Å². The Labute approximate surface area is 160 Å². The van der Waals surface area contributed by atoms with Gasteiger partial charge in [-0.3, -0.25) is 14.1 Å². The summed E-state index contributed by atoms with van der Waals surface area (Å²) in [6.07, 6.45) is 0. The van der Waals surface area contributed by atoms with Gasteiger partial charge in [0, 0.05) is 8.35 Å². The van der Waals surface area contributed by atoms with Crippen molar-refractivity contribution in [1.29, 1.82) is 0 Å². The molecule has 1 N–H and O–H groups in total. The lowest BCUT2D eigenvalue weighted by atomic mass is 10.3. The zero-order chi connectivity index (χ0) is 17.8. The molecule has 0 saturated carbocycles. The van der Waals surface area contributed by atoms with Gasteiger partial charge in [-0.05, 0) is 24.3 Å². The molecule has 138 valence electrons. The molecule has 8 heteroatoms. The van der Waals surface area contributed by atoms with Crippen molar-refractivity contribution in [3.05, 3.63) is 60.2 Å². The van der Waals surface area contributed by atoms with E-state index in [0.717, 1.165) is 27.9 Å². The third kappa shape index (κ3) is 4.03. The van der Waals surface area contributed by atoms with E-state index in [4.69, 9.17) is 23.2 Å². The number of nitrogens with zero attached hydrogens (tertiary/aromatic N) is 3. The van der Waals surface area contributed by atoms with E-state index in [2.05, 4.69) is 15.0 Å². The van der Waals surface area contributed by atoms with Crippen molar-refractivity contribution in [2.24, 2.45) is 0 Å². The van der Waals surface area contributed by atoms with Crippen LogP contribution < -0.4 is 0 Å². The van der Waals surface area contributed by atoms with Crippen LogP contribution in [0.1, 0.15) is 24.8 Å². The molecule has 0 aliphatic rings. The summed E-state index contributed by atoms with van der Waals surface area (Å²) in [6, 6.07) is 15.4. The number of aromatic amines is 1. The number of carbonyl (C=O) groups is 1. The molecule has 0 amide bonds. The third-order valence-corrected chi connectivity index (χ3v) is 4.12. The first-order chi connectivity index (χ1) is 12.1. The number of benzene rings is 2. The van der Waals surface area contributed by atoms with E-state index in [1.54, 1.807) is 4.57 Å². The van der Waals surface area contributed by atoms with Gasteiger partial charge < -0.3 is 4.98 Å². The number of fused-ring (bicyclic) bond motifs is 2. The van der Waals surface area contributed by atoms with Gasteiger partial charge in [-0.1, -0.05) is 24.3 Å². The highest BCUT2D eigenvalue weighted by Gasteiger charge is 2.11. The van der Waals surface area contributed by atoms with Gasteiger partial charge >= 0.3 is 0 Å². The monoisotopic (exact) mass is 398 g/mol. The first-order valence-electron chi connectivity index (χ1n) is 7.67. The zero-order valence-electron chi connectivity index (χ0n) is 13.9. The Bertz CT molecular complexity index is 1000. The lowest BCUT2D eigenvalue weighted by Gasteiger charge is -2.00. The number of carbonyl (C=O) groups excluding carboxylic acids is 1. The number of nitrogens with one attached hydrogen (secondary N) is 1. The van der Waals surface area contributed by atoms with Crippen LogP contribution in [0.4, 0.5) is 4.70 Å². The van der Waals surface area contributed by atoms with E-state index in [9.17, 15) is 4.79 Å². The number of H-pyrrole nitrogens is 1. The molecule has 26 heavy (non-hydrogen) atoms. The Hall–Kier alpha value is -2.44. The largest absolute Gasteiger partial charge is 0.341 e. The summed E-state index contributed by atoms with van der Waals surface area (Å²) in [4.78, 5) is 23.0. The Morgan fingerprint density at radius 1 is 1.04 bits per heavy atom. The van der Waals surface area contributed by atoms with Crippen LogP contribution in [0, 0.1) is 0 Å². The van der Waals surface area contributed by atoms with Crippen molar-refractivity contribution < 1.29 is 10.9 Å². The van der Waals surface area contributed by atoms with Gasteiger partial charge in [0.1, 0.15) is 11.6 Å². The highest BCUT2D eigenvalue weighted by molar-refractivity contribution is 6.17. The molecule has 0 unspecified atom stereocenters. The number of hydrogen-bond donors (Lipinski definition) is 1. The Balaban J connectivity index is 0.000000257. The van der Waals surface area contributed by atoms with Crippen LogP contribution in [0.15, 0.2) is 48.5 Å². The van der Waals surface area contributed by atoms with E-state index < -0.39 is 0 Å². The van der Waals surface area contributed by atoms with Gasteiger partial charge in [-0.15, -0.1) is 23.2 Å². The topological polar surface area (TPSA) is 63.6 Å². The van der Waals surface area contributed by atoms with Crippen LogP contribution in [0.5, 0.6) is 0 Å². The smallest absolute Gasteiger partial charge is 0.229 e. The maximum Gasteiger partial charge on any atom is 0.229 e. The summed E-state index contributed by atoms with van der Waals surface area (Å²) in [5, 5.41) is 0. The molecule has 4 rings (SSSR count). The van der Waals surface area contributed by atoms with Crippen molar-refractivity contribution in [3.8, 4) is 0 Å². The van der Waals surface area contributed by atoms with Gasteiger partial charge in [-0.2, -0.15) is 0 Å². The molecule has 2 aromatic carbocycles. The molecule has 2 heterocycles. The fourth-order valence-electron chi connectivity index (χ4n) is 2.59. The first kappa shape index (κ1) is 19.9. The summed E-state index contributed by atoms with van der Waals surface area (Å²) in [5.74, 6) is 2.05. The fourth-order valence-corrected chi connectivity index (χ4v) is 2.89. The summed E-state index contributed by atoms with van der Waals surface area (Å²) >= 11 is 11.3. The Morgan fingerprint density at radius 2 is 1.69 bits per heavy atom. The molecule has 0 bridgehead atoms. The highest BCUT2D eigenvalue weighted by atomic mass is 35.5. The van der Waals surface area contributed by atoms with Gasteiger partial charge in [-0.25, -0.2) is 9.97 Å². The minimum Gasteiger partial charge on any atom is -0.341 e. The van der Waals surface area contributed by atoms with Gasteiger partial charge in [0.25, 0.3) is 0 Å². The summed E-state index contributed by atoms with van der Waals surface area (Å²) in [6.45, 7) is 1.50. The maximum absolute atomic E-state index is 11.4. The van der Waals surface area contributed by atoms with E-state index in [1.165, 1.54) is 6.92 Å². The standard InChI is InChI=1S/C10H9ClN2O.C8H7ClN2.FH.H2/c1-7(14)13-9-5-3-2-4-8(9)12-10(13)6-11;9-5-8-10-6-3-1-2-4-7(6)11-8;;/h2-5H,6H2,1H3;1-4H,5H2,(H,10,11);2*1H/i;;;1+2. The van der Waals surface area contributed by atoms with E-state index in [1.807, 2.05) is 48.5 Å². The first-order valence-corrected chi connectivity index (χ1v) is 8.73. The van der Waals surface area contributed by atoms with Gasteiger partial charge in [0.15, 0.2) is 0 Å². The van der Waals surface area contributed by atoms with Crippen molar-refractivity contribution in [3.63, 3.8) is 0 Å². The normalized spacial score (nSPS) is 10.3. The van der Waals surface area contributed by atoms with E-state index in [0.29, 0.717) is 11.7 Å². The average Bonchev–Trinajstić information content (AvgIpc) is 3.22. The Morgan fingerprint density at radius 3 is 2.31 bits per heavy atom. The SMILES string of the molecule is CC(=O)n1c(CCl)nc2ccccc21.ClCc1nc2ccccc2[nH]1.F.[3HH]. The van der Waals surface area contributed by atoms with Crippen molar-refractivity contribution in [2.75, 3.05) is 0 Å². The number of rotatable bonds is 2. The molecule has 0 saturated heterocycles. The van der Waals surface area contributed by atoms with Crippen molar-refractivity contribution >= 4 is 51.2 Å². The number of para-hydroxylation sites is 4. The molecule has 0 aliphatic carbocycles. The number of aromatic nitrogens is 4. The molecular formula is C18H19Cl2FN4O. The van der Waals surface area contributed by atoms with Crippen LogP contribution in [-0.4, -0.2) is 25.4 Å². The van der Waals surface area contributed by atoms with Crippen LogP contribution in [0.25, 0.3) is 22.1 Å². The molecule has 0 aliphatic heterocycles. The highest BCUT2D eigenvalue weighted by Crippen LogP contribution is 2.16. The second-order valence-corrected chi connectivity index (χ2v) is 5.87. The summed E-state index contributed by atoms with van der Waals surface area (Å²) in [7, 11) is 0. The molecular weight excluding hydrogens is 378 g/mol. The van der Waals surface area contributed by atoms with Crippen LogP contribution in [0.3, 0.4) is 0 Å². The molecule has 0 fully saturated rings. The molecule has 2 aromatic heterocycles. The van der Waals surface area contributed by atoms with Crippen molar-refractivity contribution in [1.82, 2.24) is 19.5 Å². The molecule has 0 atom stereocenters. The lowest BCUT2D eigenvalue weighted by molar-refractivity contribution is 0.0938. The van der Waals surface area contributed by atoms with E-state index in [-0.39, 0.29) is 17.9 Å². The molecule has 0 spiro atoms. The predicted octanol–water partition coefficient (Wildman–Crippen LogP) is 5.14. The number of alkyl halides is 2.